The molecular formula is C17H22N2O2. The Morgan fingerprint density at radius 3 is 2.38 bits per heavy atom. The summed E-state index contributed by atoms with van der Waals surface area (Å²) in [5.74, 6) is 0.806. The summed E-state index contributed by atoms with van der Waals surface area (Å²) in [6, 6.07) is 11.1. The topological polar surface area (TPSA) is 57.2 Å². The van der Waals surface area contributed by atoms with Crippen molar-refractivity contribution in [2.24, 2.45) is 0 Å². The monoisotopic (exact) mass is 286 g/mol. The van der Waals surface area contributed by atoms with Gasteiger partial charge in [-0.15, -0.1) is 0 Å². The summed E-state index contributed by atoms with van der Waals surface area (Å²) in [6.07, 6.45) is 1.63. The second kappa shape index (κ2) is 6.04. The minimum Gasteiger partial charge on any atom is -0.492 e. The van der Waals surface area contributed by atoms with Crippen LogP contribution < -0.4 is 16.0 Å². The number of aromatic nitrogens is 1. The minimum absolute atomic E-state index is 0.0733. The van der Waals surface area contributed by atoms with Gasteiger partial charge in [-0.1, -0.05) is 32.9 Å². The summed E-state index contributed by atoms with van der Waals surface area (Å²) in [4.78, 5) is 11.6. The summed E-state index contributed by atoms with van der Waals surface area (Å²) in [5, 5.41) is 0. The highest BCUT2D eigenvalue weighted by molar-refractivity contribution is 5.33. The van der Waals surface area contributed by atoms with E-state index in [1.54, 1.807) is 16.8 Å². The molecule has 1 aromatic heterocycles. The van der Waals surface area contributed by atoms with Gasteiger partial charge < -0.3 is 15.0 Å². The molecule has 0 saturated heterocycles. The minimum atomic E-state index is -0.0733. The van der Waals surface area contributed by atoms with Crippen molar-refractivity contribution in [3.63, 3.8) is 0 Å². The molecule has 0 atom stereocenters. The van der Waals surface area contributed by atoms with Gasteiger partial charge in [0, 0.05) is 18.0 Å². The first-order valence-corrected chi connectivity index (χ1v) is 7.05. The molecule has 0 aliphatic carbocycles. The molecule has 0 bridgehead atoms. The molecule has 2 rings (SSSR count). The third kappa shape index (κ3) is 4.12. The Bertz CT molecular complexity index is 652. The van der Waals surface area contributed by atoms with E-state index in [1.165, 1.54) is 11.6 Å². The van der Waals surface area contributed by atoms with Crippen LogP contribution in [0.2, 0.25) is 0 Å². The van der Waals surface area contributed by atoms with Gasteiger partial charge in [-0.2, -0.15) is 0 Å². The normalized spacial score (nSPS) is 11.4. The number of benzene rings is 1. The van der Waals surface area contributed by atoms with Crippen LogP contribution in [0.25, 0.3) is 0 Å². The largest absolute Gasteiger partial charge is 0.492 e. The van der Waals surface area contributed by atoms with Crippen LogP contribution in [0, 0.1) is 0 Å². The zero-order valence-electron chi connectivity index (χ0n) is 12.8. The van der Waals surface area contributed by atoms with Crippen molar-refractivity contribution < 1.29 is 4.74 Å². The van der Waals surface area contributed by atoms with Crippen molar-refractivity contribution in [2.45, 2.75) is 32.7 Å². The van der Waals surface area contributed by atoms with Crippen molar-refractivity contribution >= 4 is 5.69 Å². The summed E-state index contributed by atoms with van der Waals surface area (Å²) >= 11 is 0. The van der Waals surface area contributed by atoms with Crippen LogP contribution in [0.15, 0.2) is 47.4 Å². The van der Waals surface area contributed by atoms with E-state index in [2.05, 4.69) is 32.9 Å². The molecule has 2 N–H and O–H groups in total. The van der Waals surface area contributed by atoms with E-state index in [0.29, 0.717) is 18.8 Å². The Hall–Kier alpha value is -2.23. The molecule has 0 unspecified atom stereocenters. The first-order chi connectivity index (χ1) is 9.86. The predicted molar refractivity (Wildman–Crippen MR) is 85.8 cm³/mol. The van der Waals surface area contributed by atoms with E-state index in [4.69, 9.17) is 10.5 Å². The molecule has 0 spiro atoms. The van der Waals surface area contributed by atoms with Gasteiger partial charge in [-0.25, -0.2) is 0 Å². The lowest BCUT2D eigenvalue weighted by molar-refractivity contribution is 0.296. The first-order valence-electron chi connectivity index (χ1n) is 7.05. The molecule has 21 heavy (non-hydrogen) atoms. The van der Waals surface area contributed by atoms with Gasteiger partial charge in [0.1, 0.15) is 12.4 Å². The number of nitrogens with zero attached hydrogens (tertiary/aromatic N) is 1. The average Bonchev–Trinajstić information content (AvgIpc) is 2.42. The van der Waals surface area contributed by atoms with E-state index in [9.17, 15) is 4.79 Å². The zero-order valence-corrected chi connectivity index (χ0v) is 12.8. The number of ether oxygens (including phenoxy) is 1. The Kier molecular flexibility index (Phi) is 4.36. The van der Waals surface area contributed by atoms with E-state index in [1.807, 2.05) is 12.1 Å². The van der Waals surface area contributed by atoms with Crippen molar-refractivity contribution in [3.8, 4) is 5.75 Å². The average molecular weight is 286 g/mol. The highest BCUT2D eigenvalue weighted by Gasteiger charge is 2.12. The van der Waals surface area contributed by atoms with Crippen molar-refractivity contribution in [2.75, 3.05) is 12.3 Å². The lowest BCUT2D eigenvalue weighted by atomic mass is 9.87. The lowest BCUT2D eigenvalue weighted by Crippen LogP contribution is -2.22. The third-order valence-corrected chi connectivity index (χ3v) is 3.33. The third-order valence-electron chi connectivity index (χ3n) is 3.33. The molecule has 112 valence electrons. The van der Waals surface area contributed by atoms with Gasteiger partial charge in [-0.3, -0.25) is 4.79 Å². The number of hydrogen-bond acceptors (Lipinski definition) is 3. The van der Waals surface area contributed by atoms with Gasteiger partial charge >= 0.3 is 0 Å². The fraction of sp³-hybridized carbons (Fsp3) is 0.353. The molecule has 0 fully saturated rings. The maximum Gasteiger partial charge on any atom is 0.250 e. The van der Waals surface area contributed by atoms with Crippen molar-refractivity contribution in [1.82, 2.24) is 4.57 Å². The molecule has 0 aliphatic rings. The molecule has 0 amide bonds. The van der Waals surface area contributed by atoms with Crippen LogP contribution in [0.1, 0.15) is 26.3 Å². The Labute approximate surface area is 125 Å². The number of rotatable bonds is 4. The second-order valence-electron chi connectivity index (χ2n) is 6.12. The summed E-state index contributed by atoms with van der Waals surface area (Å²) < 4.78 is 7.23. The van der Waals surface area contributed by atoms with Gasteiger partial charge in [0.15, 0.2) is 0 Å². The van der Waals surface area contributed by atoms with Crippen LogP contribution in [-0.4, -0.2) is 11.2 Å². The summed E-state index contributed by atoms with van der Waals surface area (Å²) in [6.45, 7) is 7.43. The molecule has 1 aromatic carbocycles. The fourth-order valence-corrected chi connectivity index (χ4v) is 2.04. The quantitative estimate of drug-likeness (QED) is 0.940. The molecule has 2 aromatic rings. The van der Waals surface area contributed by atoms with Gasteiger partial charge in [0.05, 0.1) is 6.54 Å². The number of nitrogen functional groups attached to an aromatic ring is 1. The summed E-state index contributed by atoms with van der Waals surface area (Å²) in [5.41, 5.74) is 7.57. The fourth-order valence-electron chi connectivity index (χ4n) is 2.04. The SMILES string of the molecule is CC(C)(C)c1ccc(OCCn2cc(N)ccc2=O)cc1. The van der Waals surface area contributed by atoms with E-state index in [-0.39, 0.29) is 11.0 Å². The number of anilines is 1. The molecule has 4 heteroatoms. The van der Waals surface area contributed by atoms with Gasteiger partial charge in [-0.05, 0) is 29.2 Å². The smallest absolute Gasteiger partial charge is 0.250 e. The molecule has 0 saturated carbocycles. The molecule has 4 nitrogen and oxygen atoms in total. The number of nitrogens with two attached hydrogens (primary N) is 1. The van der Waals surface area contributed by atoms with Crippen LogP contribution in [0.3, 0.4) is 0 Å². The van der Waals surface area contributed by atoms with Gasteiger partial charge in [0.2, 0.25) is 0 Å². The Balaban J connectivity index is 1.95. The predicted octanol–water partition coefficient (Wildman–Crippen LogP) is 2.81. The maximum atomic E-state index is 11.6. The van der Waals surface area contributed by atoms with E-state index >= 15 is 0 Å². The molecular weight excluding hydrogens is 264 g/mol. The Morgan fingerprint density at radius 1 is 1.10 bits per heavy atom. The van der Waals surface area contributed by atoms with E-state index < -0.39 is 0 Å². The highest BCUT2D eigenvalue weighted by atomic mass is 16.5. The lowest BCUT2D eigenvalue weighted by Gasteiger charge is -2.19. The Morgan fingerprint density at radius 2 is 1.76 bits per heavy atom. The van der Waals surface area contributed by atoms with E-state index in [0.717, 1.165) is 5.75 Å². The molecule has 0 radical (unpaired) electrons. The van der Waals surface area contributed by atoms with Gasteiger partial charge in [0.25, 0.3) is 5.56 Å². The van der Waals surface area contributed by atoms with Crippen LogP contribution in [0.5, 0.6) is 5.75 Å². The maximum absolute atomic E-state index is 11.6. The first kappa shape index (κ1) is 15.2. The molecule has 0 aliphatic heterocycles. The van der Waals surface area contributed by atoms with Crippen molar-refractivity contribution in [1.29, 1.82) is 0 Å². The number of pyridine rings is 1. The van der Waals surface area contributed by atoms with Crippen LogP contribution in [0.4, 0.5) is 5.69 Å². The second-order valence-corrected chi connectivity index (χ2v) is 6.12. The standard InChI is InChI=1S/C17H22N2O2/c1-17(2,3)13-4-7-15(8-5-13)21-11-10-19-12-14(18)6-9-16(19)20/h4-9,12H,10-11,18H2,1-3H3. The van der Waals surface area contributed by atoms with Crippen LogP contribution >= 0.6 is 0 Å². The highest BCUT2D eigenvalue weighted by Crippen LogP contribution is 2.24. The molecule has 1 heterocycles. The van der Waals surface area contributed by atoms with Crippen LogP contribution in [-0.2, 0) is 12.0 Å². The van der Waals surface area contributed by atoms with Crippen molar-refractivity contribution in [3.05, 3.63) is 58.5 Å². The number of hydrogen-bond donors (Lipinski definition) is 1. The summed E-state index contributed by atoms with van der Waals surface area (Å²) in [7, 11) is 0. The zero-order chi connectivity index (χ0) is 15.5.